The molecule has 0 aliphatic carbocycles. The molecule has 0 radical (unpaired) electrons. The molecule has 0 unspecified atom stereocenters. The predicted molar refractivity (Wildman–Crippen MR) is 113 cm³/mol. The maximum atomic E-state index is 13.2. The SMILES string of the molecule is CCC(NC(=O)OC(C)(C)C)(C(=O)Nc1ccccc1)C(=O)Nc1ccccc1. The second-order valence-electron chi connectivity index (χ2n) is 7.53. The van der Waals surface area contributed by atoms with Crippen molar-refractivity contribution in [2.75, 3.05) is 10.6 Å². The highest BCUT2D eigenvalue weighted by atomic mass is 16.6. The summed E-state index contributed by atoms with van der Waals surface area (Å²) in [4.78, 5) is 38.8. The Labute approximate surface area is 170 Å². The summed E-state index contributed by atoms with van der Waals surface area (Å²) in [6.45, 7) is 6.75. The summed E-state index contributed by atoms with van der Waals surface area (Å²) in [6.07, 6.45) is -0.838. The van der Waals surface area contributed by atoms with E-state index in [0.717, 1.165) is 0 Å². The van der Waals surface area contributed by atoms with Gasteiger partial charge in [0.05, 0.1) is 0 Å². The van der Waals surface area contributed by atoms with E-state index in [1.807, 2.05) is 12.1 Å². The third-order valence-corrected chi connectivity index (χ3v) is 4.08. The first kappa shape index (κ1) is 21.9. The molecule has 0 saturated carbocycles. The fourth-order valence-electron chi connectivity index (χ4n) is 2.62. The number of carbonyl (C=O) groups excluding carboxylic acids is 3. The number of benzene rings is 2. The molecule has 154 valence electrons. The largest absolute Gasteiger partial charge is 0.444 e. The minimum atomic E-state index is -1.87. The Morgan fingerprint density at radius 2 is 1.21 bits per heavy atom. The van der Waals surface area contributed by atoms with Gasteiger partial charge in [-0.25, -0.2) is 4.79 Å². The maximum absolute atomic E-state index is 13.2. The van der Waals surface area contributed by atoms with Crippen molar-refractivity contribution >= 4 is 29.3 Å². The molecule has 0 bridgehead atoms. The number of rotatable bonds is 6. The molecule has 3 N–H and O–H groups in total. The number of hydrogen-bond donors (Lipinski definition) is 3. The van der Waals surface area contributed by atoms with Gasteiger partial charge < -0.3 is 15.4 Å². The Balaban J connectivity index is 2.34. The molecule has 7 nitrogen and oxygen atoms in total. The van der Waals surface area contributed by atoms with Gasteiger partial charge in [-0.1, -0.05) is 43.3 Å². The minimum Gasteiger partial charge on any atom is -0.444 e. The summed E-state index contributed by atoms with van der Waals surface area (Å²) in [5.41, 5.74) is -1.63. The van der Waals surface area contributed by atoms with Crippen molar-refractivity contribution in [3.8, 4) is 0 Å². The number of para-hydroxylation sites is 2. The topological polar surface area (TPSA) is 96.5 Å². The molecule has 3 amide bonds. The summed E-state index contributed by atoms with van der Waals surface area (Å²) in [5.74, 6) is -1.32. The molecule has 2 aromatic carbocycles. The lowest BCUT2D eigenvalue weighted by Gasteiger charge is -2.32. The zero-order valence-corrected chi connectivity index (χ0v) is 17.1. The van der Waals surface area contributed by atoms with Gasteiger partial charge in [-0.3, -0.25) is 14.9 Å². The third kappa shape index (κ3) is 6.07. The summed E-state index contributed by atoms with van der Waals surface area (Å²) < 4.78 is 5.29. The van der Waals surface area contributed by atoms with E-state index < -0.39 is 29.0 Å². The minimum absolute atomic E-state index is 0.0174. The summed E-state index contributed by atoms with van der Waals surface area (Å²) in [6, 6.07) is 17.4. The average Bonchev–Trinajstić information content (AvgIpc) is 2.66. The zero-order valence-electron chi connectivity index (χ0n) is 17.1. The van der Waals surface area contributed by atoms with Crippen LogP contribution in [-0.2, 0) is 14.3 Å². The quantitative estimate of drug-likeness (QED) is 0.643. The van der Waals surface area contributed by atoms with Crippen molar-refractivity contribution in [2.45, 2.75) is 45.3 Å². The maximum Gasteiger partial charge on any atom is 0.408 e. The van der Waals surface area contributed by atoms with Crippen LogP contribution in [0.15, 0.2) is 60.7 Å². The van der Waals surface area contributed by atoms with E-state index in [0.29, 0.717) is 11.4 Å². The van der Waals surface area contributed by atoms with Crippen molar-refractivity contribution in [1.29, 1.82) is 0 Å². The smallest absolute Gasteiger partial charge is 0.408 e. The number of alkyl carbamates (subject to hydrolysis) is 1. The Morgan fingerprint density at radius 3 is 1.55 bits per heavy atom. The highest BCUT2D eigenvalue weighted by molar-refractivity contribution is 6.19. The first-order chi connectivity index (χ1) is 13.7. The zero-order chi connectivity index (χ0) is 21.5. The number of carbonyl (C=O) groups is 3. The predicted octanol–water partition coefficient (Wildman–Crippen LogP) is 3.94. The fraction of sp³-hybridized carbons (Fsp3) is 0.318. The normalized spacial score (nSPS) is 11.3. The standard InChI is InChI=1S/C22H27N3O4/c1-5-22(25-20(28)29-21(2,3)4,18(26)23-16-12-8-6-9-13-16)19(27)24-17-14-10-7-11-15-17/h6-15H,5H2,1-4H3,(H,23,26)(H,24,27)(H,25,28). The van der Waals surface area contributed by atoms with E-state index in [4.69, 9.17) is 4.74 Å². The van der Waals surface area contributed by atoms with Gasteiger partial charge in [0.25, 0.3) is 11.8 Å². The van der Waals surface area contributed by atoms with E-state index in [-0.39, 0.29) is 6.42 Å². The summed E-state index contributed by atoms with van der Waals surface area (Å²) >= 11 is 0. The second-order valence-corrected chi connectivity index (χ2v) is 7.53. The first-order valence-corrected chi connectivity index (χ1v) is 9.40. The molecule has 0 fully saturated rings. The Kier molecular flexibility index (Phi) is 6.98. The molecule has 0 aromatic heterocycles. The molecule has 7 heteroatoms. The lowest BCUT2D eigenvalue weighted by Crippen LogP contribution is -2.64. The molecular formula is C22H27N3O4. The number of nitrogens with one attached hydrogen (secondary N) is 3. The Bertz CT molecular complexity index is 792. The first-order valence-electron chi connectivity index (χ1n) is 9.40. The van der Waals surface area contributed by atoms with Crippen LogP contribution in [0.25, 0.3) is 0 Å². The molecule has 0 saturated heterocycles. The van der Waals surface area contributed by atoms with Gasteiger partial charge in [-0.05, 0) is 51.5 Å². The van der Waals surface area contributed by atoms with E-state index >= 15 is 0 Å². The Morgan fingerprint density at radius 1 is 0.793 bits per heavy atom. The number of hydrogen-bond acceptors (Lipinski definition) is 4. The molecule has 0 heterocycles. The van der Waals surface area contributed by atoms with Gasteiger partial charge in [0.1, 0.15) is 5.60 Å². The van der Waals surface area contributed by atoms with Crippen LogP contribution in [-0.4, -0.2) is 29.0 Å². The molecule has 29 heavy (non-hydrogen) atoms. The van der Waals surface area contributed by atoms with Crippen LogP contribution >= 0.6 is 0 Å². The van der Waals surface area contributed by atoms with Crippen LogP contribution in [0.2, 0.25) is 0 Å². The molecule has 0 aliphatic rings. The van der Waals surface area contributed by atoms with Gasteiger partial charge in [-0.2, -0.15) is 0 Å². The van der Waals surface area contributed by atoms with Crippen LogP contribution in [0.4, 0.5) is 16.2 Å². The molecule has 0 aliphatic heterocycles. The van der Waals surface area contributed by atoms with Gasteiger partial charge in [0.2, 0.25) is 5.54 Å². The van der Waals surface area contributed by atoms with Crippen LogP contribution in [0.5, 0.6) is 0 Å². The van der Waals surface area contributed by atoms with E-state index in [2.05, 4.69) is 16.0 Å². The van der Waals surface area contributed by atoms with Gasteiger partial charge >= 0.3 is 6.09 Å². The van der Waals surface area contributed by atoms with Gasteiger partial charge in [0, 0.05) is 11.4 Å². The molecular weight excluding hydrogens is 370 g/mol. The van der Waals surface area contributed by atoms with Crippen LogP contribution in [0, 0.1) is 0 Å². The van der Waals surface area contributed by atoms with Crippen LogP contribution in [0.1, 0.15) is 34.1 Å². The fourth-order valence-corrected chi connectivity index (χ4v) is 2.62. The Hall–Kier alpha value is -3.35. The lowest BCUT2D eigenvalue weighted by atomic mass is 9.93. The highest BCUT2D eigenvalue weighted by Crippen LogP contribution is 2.20. The van der Waals surface area contributed by atoms with E-state index in [9.17, 15) is 14.4 Å². The van der Waals surface area contributed by atoms with Gasteiger partial charge in [-0.15, -0.1) is 0 Å². The monoisotopic (exact) mass is 397 g/mol. The molecule has 2 aromatic rings. The van der Waals surface area contributed by atoms with Crippen LogP contribution < -0.4 is 16.0 Å². The van der Waals surface area contributed by atoms with E-state index in [1.165, 1.54) is 0 Å². The molecule has 0 atom stereocenters. The van der Waals surface area contributed by atoms with Crippen molar-refractivity contribution < 1.29 is 19.1 Å². The van der Waals surface area contributed by atoms with Crippen molar-refractivity contribution in [3.05, 3.63) is 60.7 Å². The summed E-state index contributed by atoms with van der Waals surface area (Å²) in [5, 5.41) is 7.89. The number of ether oxygens (including phenoxy) is 1. The average molecular weight is 397 g/mol. The van der Waals surface area contributed by atoms with Crippen LogP contribution in [0.3, 0.4) is 0 Å². The number of anilines is 2. The summed E-state index contributed by atoms with van der Waals surface area (Å²) in [7, 11) is 0. The van der Waals surface area contributed by atoms with E-state index in [1.54, 1.807) is 76.2 Å². The number of amides is 3. The molecule has 0 spiro atoms. The third-order valence-electron chi connectivity index (χ3n) is 4.08. The van der Waals surface area contributed by atoms with Crippen molar-refractivity contribution in [2.24, 2.45) is 0 Å². The van der Waals surface area contributed by atoms with Crippen molar-refractivity contribution in [3.63, 3.8) is 0 Å². The highest BCUT2D eigenvalue weighted by Gasteiger charge is 2.47. The lowest BCUT2D eigenvalue weighted by molar-refractivity contribution is -0.133. The van der Waals surface area contributed by atoms with Crippen molar-refractivity contribution in [1.82, 2.24) is 5.32 Å². The molecule has 2 rings (SSSR count). The second kappa shape index (κ2) is 9.23. The van der Waals surface area contributed by atoms with Gasteiger partial charge in [0.15, 0.2) is 0 Å².